The molecule has 0 atom stereocenters. The van der Waals surface area contributed by atoms with Crippen molar-refractivity contribution in [3.63, 3.8) is 0 Å². The molecule has 1 amide bonds. The van der Waals surface area contributed by atoms with Crippen molar-refractivity contribution in [1.29, 1.82) is 0 Å². The summed E-state index contributed by atoms with van der Waals surface area (Å²) < 4.78 is 3.71. The van der Waals surface area contributed by atoms with Gasteiger partial charge in [0.1, 0.15) is 6.54 Å². The third-order valence-corrected chi connectivity index (χ3v) is 4.08. The lowest BCUT2D eigenvalue weighted by Crippen LogP contribution is -2.55. The van der Waals surface area contributed by atoms with Crippen LogP contribution in [0.2, 0.25) is 0 Å². The molecule has 0 spiro atoms. The zero-order valence-electron chi connectivity index (χ0n) is 14.3. The van der Waals surface area contributed by atoms with Gasteiger partial charge in [-0.15, -0.1) is 0 Å². The first-order chi connectivity index (χ1) is 11.6. The average Bonchev–Trinajstić information content (AvgIpc) is 3.16. The van der Waals surface area contributed by atoms with E-state index in [4.69, 9.17) is 0 Å². The summed E-state index contributed by atoms with van der Waals surface area (Å²) in [5.74, 6) is 0.801. The fourth-order valence-corrected chi connectivity index (χ4v) is 2.85. The first-order valence-corrected chi connectivity index (χ1v) is 7.92. The number of rotatable bonds is 3. The highest BCUT2D eigenvalue weighted by Gasteiger charge is 2.27. The van der Waals surface area contributed by atoms with Crippen LogP contribution in [-0.4, -0.2) is 57.8 Å². The predicted molar refractivity (Wildman–Crippen MR) is 92.7 cm³/mol. The first-order valence-electron chi connectivity index (χ1n) is 7.92. The second-order valence-electron chi connectivity index (χ2n) is 5.93. The summed E-state index contributed by atoms with van der Waals surface area (Å²) in [6.07, 6.45) is 7.65. The van der Waals surface area contributed by atoms with Crippen LogP contribution in [0.3, 0.4) is 0 Å². The van der Waals surface area contributed by atoms with Crippen molar-refractivity contribution in [2.75, 3.05) is 31.6 Å². The molecule has 128 valence electrons. The smallest absolute Gasteiger partial charge is 0.246 e. The van der Waals surface area contributed by atoms with Gasteiger partial charge in [0.25, 0.3) is 0 Å². The number of anilines is 1. The highest BCUT2D eigenvalue weighted by molar-refractivity contribution is 5.98. The van der Waals surface area contributed by atoms with Crippen molar-refractivity contribution >= 4 is 17.6 Å². The molecule has 2 aromatic heterocycles. The van der Waals surface area contributed by atoms with Gasteiger partial charge in [0.05, 0.1) is 11.9 Å². The zero-order chi connectivity index (χ0) is 17.1. The number of aromatic nitrogens is 3. The lowest BCUT2D eigenvalue weighted by atomic mass is 10.3. The Morgan fingerprint density at radius 1 is 1.33 bits per heavy atom. The van der Waals surface area contributed by atoms with Crippen LogP contribution in [0.1, 0.15) is 5.56 Å². The Hall–Kier alpha value is -2.77. The van der Waals surface area contributed by atoms with Gasteiger partial charge < -0.3 is 19.7 Å². The molecule has 8 nitrogen and oxygen atoms in total. The van der Waals surface area contributed by atoms with Crippen molar-refractivity contribution in [2.45, 2.75) is 6.54 Å². The third kappa shape index (κ3) is 3.42. The normalized spacial score (nSPS) is 16.0. The number of carbonyl (C=O) groups is 1. The highest BCUT2D eigenvalue weighted by atomic mass is 16.2. The van der Waals surface area contributed by atoms with Gasteiger partial charge in [-0.1, -0.05) is 0 Å². The number of nitrogens with zero attached hydrogens (tertiary/aromatic N) is 6. The molecule has 1 N–H and O–H groups in total. The van der Waals surface area contributed by atoms with Gasteiger partial charge >= 0.3 is 0 Å². The number of piperazine rings is 1. The number of carbonyl (C=O) groups excluding carboxylic acids is 1. The van der Waals surface area contributed by atoms with Crippen molar-refractivity contribution < 1.29 is 4.79 Å². The molecule has 24 heavy (non-hydrogen) atoms. The molecule has 1 aliphatic rings. The van der Waals surface area contributed by atoms with E-state index in [0.29, 0.717) is 19.6 Å². The van der Waals surface area contributed by atoms with Gasteiger partial charge in [0.2, 0.25) is 5.91 Å². The largest absolute Gasteiger partial charge is 0.357 e. The molecule has 1 saturated heterocycles. The Labute approximate surface area is 141 Å². The molecule has 1 fully saturated rings. The minimum atomic E-state index is 0.0527. The number of hydrogen-bond acceptors (Lipinski definition) is 3. The van der Waals surface area contributed by atoms with Crippen molar-refractivity contribution in [1.82, 2.24) is 24.6 Å². The lowest BCUT2D eigenvalue weighted by molar-refractivity contribution is -0.120. The Balaban J connectivity index is 1.60. The molecular weight excluding hydrogens is 306 g/mol. The molecule has 0 bridgehead atoms. The van der Waals surface area contributed by atoms with Gasteiger partial charge in [-0.25, -0.2) is 0 Å². The summed E-state index contributed by atoms with van der Waals surface area (Å²) >= 11 is 0. The van der Waals surface area contributed by atoms with Crippen LogP contribution in [0.25, 0.3) is 0 Å². The second-order valence-corrected chi connectivity index (χ2v) is 5.93. The molecule has 3 heterocycles. The SMILES string of the molecule is CN=C(NCc1ccn(C)c1)N1CCN(c2cnn(C)c2)C(=O)C1. The van der Waals surface area contributed by atoms with E-state index in [2.05, 4.69) is 27.7 Å². The minimum absolute atomic E-state index is 0.0527. The maximum absolute atomic E-state index is 12.5. The number of aliphatic imine (C=N–C) groups is 1. The van der Waals surface area contributed by atoms with E-state index in [9.17, 15) is 4.79 Å². The van der Waals surface area contributed by atoms with Gasteiger partial charge in [0, 0.05) is 59.4 Å². The van der Waals surface area contributed by atoms with Crippen LogP contribution >= 0.6 is 0 Å². The predicted octanol–water partition coefficient (Wildman–Crippen LogP) is 0.183. The molecule has 0 unspecified atom stereocenters. The monoisotopic (exact) mass is 329 g/mol. The van der Waals surface area contributed by atoms with Crippen molar-refractivity contribution in [3.8, 4) is 0 Å². The second kappa shape index (κ2) is 6.77. The number of amides is 1. The molecule has 2 aromatic rings. The van der Waals surface area contributed by atoms with Gasteiger partial charge in [-0.3, -0.25) is 14.5 Å². The lowest BCUT2D eigenvalue weighted by Gasteiger charge is -2.35. The average molecular weight is 329 g/mol. The summed E-state index contributed by atoms with van der Waals surface area (Å²) in [7, 11) is 5.58. The molecule has 1 aliphatic heterocycles. The fraction of sp³-hybridized carbons (Fsp3) is 0.438. The minimum Gasteiger partial charge on any atom is -0.357 e. The van der Waals surface area contributed by atoms with E-state index in [1.807, 2.05) is 36.0 Å². The van der Waals surface area contributed by atoms with Crippen LogP contribution in [-0.2, 0) is 25.4 Å². The van der Waals surface area contributed by atoms with E-state index in [1.165, 1.54) is 5.56 Å². The van der Waals surface area contributed by atoms with E-state index < -0.39 is 0 Å². The van der Waals surface area contributed by atoms with E-state index >= 15 is 0 Å². The van der Waals surface area contributed by atoms with Crippen LogP contribution in [0.15, 0.2) is 35.8 Å². The van der Waals surface area contributed by atoms with Gasteiger partial charge in [-0.2, -0.15) is 5.10 Å². The standard InChI is InChI=1S/C16H23N7O/c1-17-16(18-8-13-4-5-20(2)10-13)22-6-7-23(15(24)12-22)14-9-19-21(3)11-14/h4-5,9-11H,6-8,12H2,1-3H3,(H,17,18). The van der Waals surface area contributed by atoms with Crippen LogP contribution < -0.4 is 10.2 Å². The number of guanidine groups is 1. The molecule has 3 rings (SSSR count). The molecular formula is C16H23N7O. The molecule has 0 aromatic carbocycles. The fourth-order valence-electron chi connectivity index (χ4n) is 2.85. The summed E-state index contributed by atoms with van der Waals surface area (Å²) in [6.45, 7) is 2.35. The summed E-state index contributed by atoms with van der Waals surface area (Å²) in [6, 6.07) is 2.06. The Morgan fingerprint density at radius 3 is 2.75 bits per heavy atom. The first kappa shape index (κ1) is 16.1. The van der Waals surface area contributed by atoms with Gasteiger partial charge in [0.15, 0.2) is 5.96 Å². The molecule has 0 saturated carbocycles. The number of hydrogen-bond donors (Lipinski definition) is 1. The quantitative estimate of drug-likeness (QED) is 0.644. The van der Waals surface area contributed by atoms with E-state index in [-0.39, 0.29) is 5.91 Å². The van der Waals surface area contributed by atoms with Crippen LogP contribution in [0, 0.1) is 0 Å². The highest BCUT2D eigenvalue weighted by Crippen LogP contribution is 2.16. The maximum Gasteiger partial charge on any atom is 0.246 e. The Morgan fingerprint density at radius 2 is 2.17 bits per heavy atom. The number of nitrogens with one attached hydrogen (secondary N) is 1. The Kier molecular flexibility index (Phi) is 4.54. The third-order valence-electron chi connectivity index (χ3n) is 4.08. The Bertz CT molecular complexity index is 745. The van der Waals surface area contributed by atoms with Crippen molar-refractivity contribution in [3.05, 3.63) is 36.4 Å². The van der Waals surface area contributed by atoms with E-state index in [0.717, 1.165) is 18.2 Å². The molecule has 0 aliphatic carbocycles. The summed E-state index contributed by atoms with van der Waals surface area (Å²) in [5.41, 5.74) is 2.02. The maximum atomic E-state index is 12.5. The zero-order valence-corrected chi connectivity index (χ0v) is 14.3. The van der Waals surface area contributed by atoms with Crippen LogP contribution in [0.4, 0.5) is 5.69 Å². The molecule has 0 radical (unpaired) electrons. The number of aryl methyl sites for hydroxylation is 2. The van der Waals surface area contributed by atoms with Crippen molar-refractivity contribution in [2.24, 2.45) is 19.1 Å². The van der Waals surface area contributed by atoms with E-state index in [1.54, 1.807) is 22.8 Å². The topological polar surface area (TPSA) is 70.7 Å². The van der Waals surface area contributed by atoms with Crippen LogP contribution in [0.5, 0.6) is 0 Å². The van der Waals surface area contributed by atoms with Gasteiger partial charge in [-0.05, 0) is 11.6 Å². The summed E-state index contributed by atoms with van der Waals surface area (Å²) in [4.78, 5) is 20.5. The molecule has 8 heteroatoms. The summed E-state index contributed by atoms with van der Waals surface area (Å²) in [5, 5.41) is 7.46.